The van der Waals surface area contributed by atoms with Crippen molar-refractivity contribution >= 4 is 11.6 Å². The van der Waals surface area contributed by atoms with E-state index in [-0.39, 0.29) is 5.41 Å². The van der Waals surface area contributed by atoms with Crippen LogP contribution in [0.4, 0.5) is 0 Å². The maximum absolute atomic E-state index is 8.85. The van der Waals surface area contributed by atoms with Crippen LogP contribution in [0.5, 0.6) is 0 Å². The Kier molecular flexibility index (Phi) is 4.85. The molecule has 1 aliphatic rings. The minimum Gasteiger partial charge on any atom is -0.310 e. The van der Waals surface area contributed by atoms with Crippen molar-refractivity contribution in [3.63, 3.8) is 0 Å². The number of hydrogen-bond acceptors (Lipinski definition) is 2. The maximum atomic E-state index is 8.85. The van der Waals surface area contributed by atoms with Gasteiger partial charge in [0.05, 0.1) is 6.07 Å². The Labute approximate surface area is 120 Å². The van der Waals surface area contributed by atoms with E-state index >= 15 is 0 Å². The summed E-state index contributed by atoms with van der Waals surface area (Å²) in [6.07, 6.45) is 5.27. The predicted octanol–water partition coefficient (Wildman–Crippen LogP) is 4.29. The van der Waals surface area contributed by atoms with Crippen molar-refractivity contribution in [1.29, 1.82) is 5.26 Å². The topological polar surface area (TPSA) is 35.8 Å². The van der Waals surface area contributed by atoms with E-state index in [9.17, 15) is 0 Å². The summed E-state index contributed by atoms with van der Waals surface area (Å²) in [5, 5.41) is 13.3. The van der Waals surface area contributed by atoms with Crippen LogP contribution in [0.2, 0.25) is 5.02 Å². The van der Waals surface area contributed by atoms with Gasteiger partial charge in [0.1, 0.15) is 0 Å². The molecule has 0 bridgehead atoms. The summed E-state index contributed by atoms with van der Waals surface area (Å²) < 4.78 is 0. The average Bonchev–Trinajstić information content (AvgIpc) is 2.40. The van der Waals surface area contributed by atoms with E-state index in [2.05, 4.69) is 24.4 Å². The number of nitrogens with zero attached hydrogens (tertiary/aromatic N) is 1. The monoisotopic (exact) mass is 276 g/mol. The van der Waals surface area contributed by atoms with Gasteiger partial charge < -0.3 is 5.32 Å². The molecule has 0 unspecified atom stereocenters. The van der Waals surface area contributed by atoms with Crippen molar-refractivity contribution in [2.24, 2.45) is 5.41 Å². The van der Waals surface area contributed by atoms with E-state index in [0.717, 1.165) is 42.8 Å². The zero-order valence-electron chi connectivity index (χ0n) is 11.5. The Morgan fingerprint density at radius 1 is 1.37 bits per heavy atom. The van der Waals surface area contributed by atoms with Gasteiger partial charge in [0.2, 0.25) is 0 Å². The van der Waals surface area contributed by atoms with Gasteiger partial charge in [-0.3, -0.25) is 0 Å². The fourth-order valence-electron chi connectivity index (χ4n) is 2.78. The molecule has 1 fully saturated rings. The first-order chi connectivity index (χ1) is 9.13. The third kappa shape index (κ3) is 3.96. The first kappa shape index (κ1) is 14.4. The number of nitriles is 1. The van der Waals surface area contributed by atoms with E-state index in [4.69, 9.17) is 16.9 Å². The molecule has 0 spiro atoms. The third-order valence-electron chi connectivity index (χ3n) is 4.24. The highest BCUT2D eigenvalue weighted by Gasteiger charge is 2.30. The molecular formula is C16H21ClN2. The summed E-state index contributed by atoms with van der Waals surface area (Å²) in [5.41, 5.74) is 1.40. The summed E-state index contributed by atoms with van der Waals surface area (Å²) >= 11 is 6.15. The smallest absolute Gasteiger partial charge is 0.0627 e. The SMILES string of the molecule is C[C@]1(CC#N)CC[C@H](NCc2ccccc2Cl)CC1. The molecule has 0 radical (unpaired) electrons. The van der Waals surface area contributed by atoms with E-state index in [1.54, 1.807) is 0 Å². The number of hydrogen-bond donors (Lipinski definition) is 1. The van der Waals surface area contributed by atoms with Crippen molar-refractivity contribution < 1.29 is 0 Å². The van der Waals surface area contributed by atoms with Crippen LogP contribution < -0.4 is 5.32 Å². The van der Waals surface area contributed by atoms with Gasteiger partial charge in [-0.05, 0) is 42.7 Å². The Balaban J connectivity index is 1.81. The Morgan fingerprint density at radius 3 is 2.68 bits per heavy atom. The highest BCUT2D eigenvalue weighted by Crippen LogP contribution is 2.38. The highest BCUT2D eigenvalue weighted by molar-refractivity contribution is 6.31. The van der Waals surface area contributed by atoms with Crippen molar-refractivity contribution in [3.8, 4) is 6.07 Å². The summed E-state index contributed by atoms with van der Waals surface area (Å²) in [6.45, 7) is 3.07. The van der Waals surface area contributed by atoms with E-state index in [1.807, 2.05) is 18.2 Å². The summed E-state index contributed by atoms with van der Waals surface area (Å²) in [7, 11) is 0. The summed E-state index contributed by atoms with van der Waals surface area (Å²) in [4.78, 5) is 0. The molecule has 1 aromatic carbocycles. The number of nitrogens with one attached hydrogen (secondary N) is 1. The van der Waals surface area contributed by atoms with E-state index in [1.165, 1.54) is 0 Å². The molecule has 1 saturated carbocycles. The molecule has 0 saturated heterocycles. The molecule has 1 aliphatic carbocycles. The molecule has 0 heterocycles. The van der Waals surface area contributed by atoms with Crippen LogP contribution in [0.15, 0.2) is 24.3 Å². The molecular weight excluding hydrogens is 256 g/mol. The van der Waals surface area contributed by atoms with Gasteiger partial charge in [-0.25, -0.2) is 0 Å². The minimum atomic E-state index is 0.233. The lowest BCUT2D eigenvalue weighted by molar-refractivity contribution is 0.188. The van der Waals surface area contributed by atoms with Crippen molar-refractivity contribution in [3.05, 3.63) is 34.9 Å². The quantitative estimate of drug-likeness (QED) is 0.890. The van der Waals surface area contributed by atoms with Gasteiger partial charge in [-0.2, -0.15) is 5.26 Å². The molecule has 3 heteroatoms. The zero-order valence-corrected chi connectivity index (χ0v) is 12.2. The lowest BCUT2D eigenvalue weighted by Crippen LogP contribution is -2.36. The predicted molar refractivity (Wildman–Crippen MR) is 78.9 cm³/mol. The fourth-order valence-corrected chi connectivity index (χ4v) is 2.99. The molecule has 2 rings (SSSR count). The second-order valence-corrected chi connectivity index (χ2v) is 6.30. The van der Waals surface area contributed by atoms with Crippen LogP contribution in [-0.4, -0.2) is 6.04 Å². The highest BCUT2D eigenvalue weighted by atomic mass is 35.5. The maximum Gasteiger partial charge on any atom is 0.0627 e. The number of halogens is 1. The lowest BCUT2D eigenvalue weighted by Gasteiger charge is -2.36. The van der Waals surface area contributed by atoms with Crippen LogP contribution in [0.25, 0.3) is 0 Å². The lowest BCUT2D eigenvalue weighted by atomic mass is 9.72. The molecule has 2 nitrogen and oxygen atoms in total. The van der Waals surface area contributed by atoms with Crippen molar-refractivity contribution in [2.75, 3.05) is 0 Å². The molecule has 1 aromatic rings. The molecule has 102 valence electrons. The molecule has 19 heavy (non-hydrogen) atoms. The van der Waals surface area contributed by atoms with E-state index in [0.29, 0.717) is 12.5 Å². The number of rotatable bonds is 4. The fraction of sp³-hybridized carbons (Fsp3) is 0.562. The average molecular weight is 277 g/mol. The van der Waals surface area contributed by atoms with Crippen LogP contribution in [-0.2, 0) is 6.54 Å². The Bertz CT molecular complexity index is 456. The third-order valence-corrected chi connectivity index (χ3v) is 4.61. The Hall–Kier alpha value is -1.04. The zero-order chi connectivity index (χ0) is 13.7. The van der Waals surface area contributed by atoms with Crippen LogP contribution in [0.1, 0.15) is 44.6 Å². The van der Waals surface area contributed by atoms with E-state index < -0.39 is 0 Å². The normalized spacial score (nSPS) is 26.9. The number of benzene rings is 1. The molecule has 0 amide bonds. The first-order valence-electron chi connectivity index (χ1n) is 6.97. The second-order valence-electron chi connectivity index (χ2n) is 5.89. The molecule has 0 aliphatic heterocycles. The van der Waals surface area contributed by atoms with Crippen molar-refractivity contribution in [1.82, 2.24) is 5.32 Å². The summed E-state index contributed by atoms with van der Waals surface area (Å²) in [6, 6.07) is 10.9. The largest absolute Gasteiger partial charge is 0.310 e. The first-order valence-corrected chi connectivity index (χ1v) is 7.34. The molecule has 0 aromatic heterocycles. The second kappa shape index (κ2) is 6.41. The van der Waals surface area contributed by atoms with Gasteiger partial charge in [-0.1, -0.05) is 36.7 Å². The molecule has 0 atom stereocenters. The van der Waals surface area contributed by atoms with Crippen LogP contribution in [0.3, 0.4) is 0 Å². The van der Waals surface area contributed by atoms with Crippen LogP contribution >= 0.6 is 11.6 Å². The van der Waals surface area contributed by atoms with Gasteiger partial charge in [-0.15, -0.1) is 0 Å². The standard InChI is InChI=1S/C16H21ClN2/c1-16(10-11-18)8-6-14(7-9-16)19-12-13-4-2-3-5-15(13)17/h2-5,14,19H,6-10,12H2,1H3/t14-,16-. The Morgan fingerprint density at radius 2 is 2.05 bits per heavy atom. The van der Waals surface area contributed by atoms with Crippen LogP contribution in [0, 0.1) is 16.7 Å². The van der Waals surface area contributed by atoms with Gasteiger partial charge in [0.25, 0.3) is 0 Å². The van der Waals surface area contributed by atoms with Crippen molar-refractivity contribution in [2.45, 2.75) is 51.6 Å². The summed E-state index contributed by atoms with van der Waals surface area (Å²) in [5.74, 6) is 0. The minimum absolute atomic E-state index is 0.233. The molecule has 1 N–H and O–H groups in total. The van der Waals surface area contributed by atoms with Gasteiger partial charge >= 0.3 is 0 Å². The van der Waals surface area contributed by atoms with Gasteiger partial charge in [0, 0.05) is 24.0 Å². The van der Waals surface area contributed by atoms with Gasteiger partial charge in [0.15, 0.2) is 0 Å².